The summed E-state index contributed by atoms with van der Waals surface area (Å²) in [6.07, 6.45) is 2.59. The van der Waals surface area contributed by atoms with Crippen LogP contribution in [0.25, 0.3) is 0 Å². The van der Waals surface area contributed by atoms with Gasteiger partial charge in [0.15, 0.2) is 0 Å². The van der Waals surface area contributed by atoms with Crippen molar-refractivity contribution in [3.8, 4) is 0 Å². The van der Waals surface area contributed by atoms with Crippen LogP contribution in [0.1, 0.15) is 31.2 Å². The molecule has 3 rings (SSSR count). The summed E-state index contributed by atoms with van der Waals surface area (Å²) in [5.41, 5.74) is 7.13. The molecule has 7 heteroatoms. The van der Waals surface area contributed by atoms with E-state index in [4.69, 9.17) is 5.73 Å². The summed E-state index contributed by atoms with van der Waals surface area (Å²) in [7, 11) is 0. The number of nitrogens with two attached hydrogens (primary N) is 1. The number of primary amides is 1. The number of fused-ring (bicyclic) bond motifs is 1. The average molecular weight is 344 g/mol. The van der Waals surface area contributed by atoms with Crippen LogP contribution in [0.15, 0.2) is 24.3 Å². The molecule has 0 saturated carbocycles. The molecule has 2 aliphatic heterocycles. The molecule has 1 aromatic rings. The number of nitrogens with zero attached hydrogens (tertiary/aromatic N) is 2. The van der Waals surface area contributed by atoms with Crippen molar-refractivity contribution in [3.63, 3.8) is 0 Å². The molecule has 134 valence electrons. The Hall–Kier alpha value is -2.57. The summed E-state index contributed by atoms with van der Waals surface area (Å²) in [5.74, 6) is -0.492. The minimum absolute atomic E-state index is 0.0371. The molecule has 2 heterocycles. The second-order valence-electron chi connectivity index (χ2n) is 6.61. The largest absolute Gasteiger partial charge is 0.370 e. The fourth-order valence-corrected chi connectivity index (χ4v) is 3.55. The smallest absolute Gasteiger partial charge is 0.322 e. The van der Waals surface area contributed by atoms with Gasteiger partial charge in [-0.15, -0.1) is 0 Å². The molecule has 0 unspecified atom stereocenters. The van der Waals surface area contributed by atoms with Crippen LogP contribution in [0, 0.1) is 0 Å². The van der Waals surface area contributed by atoms with Gasteiger partial charge in [0.05, 0.1) is 0 Å². The summed E-state index contributed by atoms with van der Waals surface area (Å²) in [5, 5.41) is 2.99. The van der Waals surface area contributed by atoms with Gasteiger partial charge in [-0.2, -0.15) is 0 Å². The van der Waals surface area contributed by atoms with E-state index in [2.05, 4.69) is 5.32 Å². The number of para-hydroxylation sites is 1. The van der Waals surface area contributed by atoms with Gasteiger partial charge in [-0.05, 0) is 30.9 Å². The number of piperidine rings is 1. The molecule has 0 aromatic heterocycles. The third kappa shape index (κ3) is 4.10. The second kappa shape index (κ2) is 7.55. The number of amides is 4. The first-order valence-electron chi connectivity index (χ1n) is 8.76. The Balaban J connectivity index is 1.55. The highest BCUT2D eigenvalue weighted by atomic mass is 16.2. The van der Waals surface area contributed by atoms with Gasteiger partial charge in [0, 0.05) is 44.2 Å². The van der Waals surface area contributed by atoms with Crippen LogP contribution in [-0.4, -0.2) is 53.3 Å². The van der Waals surface area contributed by atoms with Gasteiger partial charge in [0.1, 0.15) is 0 Å². The van der Waals surface area contributed by atoms with Crippen molar-refractivity contribution in [3.05, 3.63) is 29.8 Å². The van der Waals surface area contributed by atoms with Gasteiger partial charge in [-0.1, -0.05) is 18.2 Å². The molecule has 0 bridgehead atoms. The van der Waals surface area contributed by atoms with Crippen LogP contribution < -0.4 is 11.1 Å². The maximum absolute atomic E-state index is 12.6. The third-order valence-electron chi connectivity index (χ3n) is 4.99. The lowest BCUT2D eigenvalue weighted by Crippen LogP contribution is -2.50. The summed E-state index contributed by atoms with van der Waals surface area (Å²) in [6.45, 7) is 1.90. The lowest BCUT2D eigenvalue weighted by molar-refractivity contribution is -0.134. The quantitative estimate of drug-likeness (QED) is 0.862. The number of nitrogens with one attached hydrogen (secondary N) is 1. The van der Waals surface area contributed by atoms with Crippen LogP contribution in [-0.2, 0) is 16.0 Å². The molecule has 25 heavy (non-hydrogen) atoms. The molecule has 0 spiro atoms. The van der Waals surface area contributed by atoms with Crippen molar-refractivity contribution in [1.82, 2.24) is 9.80 Å². The lowest BCUT2D eigenvalue weighted by Gasteiger charge is -2.38. The Morgan fingerprint density at radius 3 is 2.56 bits per heavy atom. The van der Waals surface area contributed by atoms with Crippen molar-refractivity contribution in [1.29, 1.82) is 0 Å². The number of carbonyl (C=O) groups is 3. The fourth-order valence-electron chi connectivity index (χ4n) is 3.55. The monoisotopic (exact) mass is 344 g/mol. The molecule has 0 atom stereocenters. The van der Waals surface area contributed by atoms with E-state index in [9.17, 15) is 14.4 Å². The topological polar surface area (TPSA) is 95.7 Å². The standard InChI is InChI=1S/C18H24N4O3/c19-16(23)5-6-17(24)21-10-8-14(9-11-21)22-12-7-13-3-1-2-4-15(13)20-18(22)25/h1-4,14H,5-12H2,(H2,19,23)(H,20,25). The molecular formula is C18H24N4O3. The third-order valence-corrected chi connectivity index (χ3v) is 4.99. The van der Waals surface area contributed by atoms with Gasteiger partial charge in [-0.25, -0.2) is 4.79 Å². The van der Waals surface area contributed by atoms with Crippen molar-refractivity contribution in [2.24, 2.45) is 5.73 Å². The summed E-state index contributed by atoms with van der Waals surface area (Å²) >= 11 is 0. The zero-order valence-electron chi connectivity index (χ0n) is 14.2. The van der Waals surface area contributed by atoms with Crippen molar-refractivity contribution in [2.45, 2.75) is 38.1 Å². The SMILES string of the molecule is NC(=O)CCC(=O)N1CCC(N2CCc3ccccc3NC2=O)CC1. The minimum Gasteiger partial charge on any atom is -0.370 e. The molecule has 1 saturated heterocycles. The summed E-state index contributed by atoms with van der Waals surface area (Å²) < 4.78 is 0. The Kier molecular flexibility index (Phi) is 5.21. The zero-order valence-corrected chi connectivity index (χ0v) is 14.2. The number of rotatable bonds is 4. The molecular weight excluding hydrogens is 320 g/mol. The second-order valence-corrected chi connectivity index (χ2v) is 6.61. The van der Waals surface area contributed by atoms with Gasteiger partial charge in [0.25, 0.3) is 0 Å². The van der Waals surface area contributed by atoms with Gasteiger partial charge in [0.2, 0.25) is 11.8 Å². The molecule has 4 amide bonds. The number of hydrogen-bond acceptors (Lipinski definition) is 3. The molecule has 3 N–H and O–H groups in total. The highest BCUT2D eigenvalue weighted by Gasteiger charge is 2.31. The highest BCUT2D eigenvalue weighted by molar-refractivity contribution is 5.91. The Bertz CT molecular complexity index is 668. The number of anilines is 1. The lowest BCUT2D eigenvalue weighted by atomic mass is 10.0. The first-order chi connectivity index (χ1) is 12.0. The minimum atomic E-state index is -0.455. The predicted molar refractivity (Wildman–Crippen MR) is 93.9 cm³/mol. The number of hydrogen-bond donors (Lipinski definition) is 2. The highest BCUT2D eigenvalue weighted by Crippen LogP contribution is 2.24. The van der Waals surface area contributed by atoms with Gasteiger partial charge < -0.3 is 20.9 Å². The Morgan fingerprint density at radius 1 is 1.12 bits per heavy atom. The van der Waals surface area contributed by atoms with Gasteiger partial charge >= 0.3 is 6.03 Å². The van der Waals surface area contributed by atoms with Crippen LogP contribution >= 0.6 is 0 Å². The van der Waals surface area contributed by atoms with E-state index in [0.717, 1.165) is 30.5 Å². The van der Waals surface area contributed by atoms with E-state index in [1.807, 2.05) is 29.2 Å². The van der Waals surface area contributed by atoms with E-state index in [1.54, 1.807) is 4.90 Å². The van der Waals surface area contributed by atoms with E-state index < -0.39 is 5.91 Å². The average Bonchev–Trinajstić information content (AvgIpc) is 2.78. The van der Waals surface area contributed by atoms with Crippen LogP contribution in [0.4, 0.5) is 10.5 Å². The molecule has 7 nitrogen and oxygen atoms in total. The zero-order chi connectivity index (χ0) is 17.8. The first kappa shape index (κ1) is 17.3. The van der Waals surface area contributed by atoms with E-state index in [-0.39, 0.29) is 30.8 Å². The van der Waals surface area contributed by atoms with Crippen LogP contribution in [0.2, 0.25) is 0 Å². The molecule has 0 aliphatic carbocycles. The number of benzene rings is 1. The van der Waals surface area contributed by atoms with Crippen molar-refractivity contribution in [2.75, 3.05) is 25.0 Å². The van der Waals surface area contributed by atoms with E-state index >= 15 is 0 Å². The molecule has 2 aliphatic rings. The maximum atomic E-state index is 12.6. The maximum Gasteiger partial charge on any atom is 0.322 e. The van der Waals surface area contributed by atoms with E-state index in [1.165, 1.54) is 0 Å². The molecule has 1 fully saturated rings. The Labute approximate surface area is 147 Å². The number of carbonyl (C=O) groups excluding carboxylic acids is 3. The normalized spacial score (nSPS) is 18.3. The fraction of sp³-hybridized carbons (Fsp3) is 0.500. The molecule has 0 radical (unpaired) electrons. The number of urea groups is 1. The van der Waals surface area contributed by atoms with Crippen LogP contribution in [0.5, 0.6) is 0 Å². The first-order valence-corrected chi connectivity index (χ1v) is 8.76. The summed E-state index contributed by atoms with van der Waals surface area (Å²) in [4.78, 5) is 39.1. The Morgan fingerprint density at radius 2 is 1.84 bits per heavy atom. The van der Waals surface area contributed by atoms with E-state index in [0.29, 0.717) is 19.6 Å². The van der Waals surface area contributed by atoms with Crippen molar-refractivity contribution >= 4 is 23.5 Å². The summed E-state index contributed by atoms with van der Waals surface area (Å²) in [6, 6.07) is 7.94. The molecule has 1 aromatic carbocycles. The number of likely N-dealkylation sites (tertiary alicyclic amines) is 1. The van der Waals surface area contributed by atoms with Crippen molar-refractivity contribution < 1.29 is 14.4 Å². The predicted octanol–water partition coefficient (Wildman–Crippen LogP) is 1.33. The van der Waals surface area contributed by atoms with Gasteiger partial charge in [-0.3, -0.25) is 9.59 Å². The van der Waals surface area contributed by atoms with Crippen LogP contribution in [0.3, 0.4) is 0 Å².